The van der Waals surface area contributed by atoms with Crippen molar-refractivity contribution in [3.63, 3.8) is 0 Å². The highest BCUT2D eigenvalue weighted by atomic mass is 32.2. The molecule has 1 aliphatic rings. The van der Waals surface area contributed by atoms with Crippen LogP contribution in [0.5, 0.6) is 0 Å². The number of carbonyl (C=O) groups is 1. The van der Waals surface area contributed by atoms with Crippen LogP contribution < -0.4 is 5.56 Å². The normalized spacial score (nSPS) is 14.6. The molecule has 0 spiro atoms. The summed E-state index contributed by atoms with van der Waals surface area (Å²) in [7, 11) is 0. The van der Waals surface area contributed by atoms with E-state index in [1.165, 1.54) is 11.8 Å². The maximum absolute atomic E-state index is 13.0. The zero-order chi connectivity index (χ0) is 18.0. The Morgan fingerprint density at radius 2 is 2.00 bits per heavy atom. The predicted molar refractivity (Wildman–Crippen MR) is 105 cm³/mol. The lowest BCUT2D eigenvalue weighted by molar-refractivity contribution is -0.127. The minimum atomic E-state index is 0.0384. The number of aryl methyl sites for hydroxylation is 2. The molecule has 0 radical (unpaired) electrons. The summed E-state index contributed by atoms with van der Waals surface area (Å²) in [4.78, 5) is 33.9. The first-order valence-electron chi connectivity index (χ1n) is 8.94. The van der Waals surface area contributed by atoms with E-state index in [2.05, 4.69) is 6.92 Å². The van der Waals surface area contributed by atoms with Crippen LogP contribution in [0.3, 0.4) is 0 Å². The quantitative estimate of drug-likeness (QED) is 0.568. The van der Waals surface area contributed by atoms with Gasteiger partial charge in [-0.3, -0.25) is 14.2 Å². The molecule has 5 nitrogen and oxygen atoms in total. The first-order chi connectivity index (χ1) is 12.0. The van der Waals surface area contributed by atoms with Gasteiger partial charge in [-0.25, -0.2) is 4.98 Å². The van der Waals surface area contributed by atoms with Gasteiger partial charge in [-0.1, -0.05) is 25.1 Å². The van der Waals surface area contributed by atoms with Crippen molar-refractivity contribution in [3.8, 4) is 0 Å². The first kappa shape index (κ1) is 18.5. The van der Waals surface area contributed by atoms with Gasteiger partial charge in [0.05, 0.1) is 11.1 Å². The van der Waals surface area contributed by atoms with E-state index >= 15 is 0 Å². The number of likely N-dealkylation sites (tertiary alicyclic amines) is 1. The number of nitrogens with zero attached hydrogens (tertiary/aromatic N) is 3. The third-order valence-corrected chi connectivity index (χ3v) is 6.83. The number of unbranched alkanes of at least 4 members (excludes halogenated alkanes) is 1. The third kappa shape index (κ3) is 3.77. The Kier molecular flexibility index (Phi) is 5.84. The number of amides is 1. The van der Waals surface area contributed by atoms with Crippen molar-refractivity contribution >= 4 is 39.2 Å². The van der Waals surface area contributed by atoms with Crippen LogP contribution in [0.15, 0.2) is 9.95 Å². The highest BCUT2D eigenvalue weighted by Gasteiger charge is 2.21. The van der Waals surface area contributed by atoms with E-state index in [1.54, 1.807) is 15.9 Å². The van der Waals surface area contributed by atoms with Gasteiger partial charge in [0.15, 0.2) is 5.16 Å². The van der Waals surface area contributed by atoms with Crippen molar-refractivity contribution in [2.24, 2.45) is 0 Å². The number of fused-ring (bicyclic) bond motifs is 1. The SMILES string of the molecule is CCCCn1c(SCC(=O)N2CCCC2)nc2sc(C)c(C)c2c1=O. The number of thioether (sulfide) groups is 1. The second kappa shape index (κ2) is 7.91. The molecular weight excluding hydrogens is 354 g/mol. The van der Waals surface area contributed by atoms with E-state index in [1.807, 2.05) is 18.7 Å². The van der Waals surface area contributed by atoms with Gasteiger partial charge in [-0.2, -0.15) is 0 Å². The largest absolute Gasteiger partial charge is 0.342 e. The Bertz CT molecular complexity index is 835. The molecule has 7 heteroatoms. The first-order valence-corrected chi connectivity index (χ1v) is 10.7. The van der Waals surface area contributed by atoms with E-state index in [-0.39, 0.29) is 11.5 Å². The Hall–Kier alpha value is -1.34. The highest BCUT2D eigenvalue weighted by Crippen LogP contribution is 2.28. The van der Waals surface area contributed by atoms with Crippen molar-refractivity contribution in [3.05, 3.63) is 20.8 Å². The summed E-state index contributed by atoms with van der Waals surface area (Å²) in [6.07, 6.45) is 4.14. The molecule has 0 unspecified atom stereocenters. The van der Waals surface area contributed by atoms with Crippen LogP contribution in [0.2, 0.25) is 0 Å². The lowest BCUT2D eigenvalue weighted by Gasteiger charge is -2.16. The van der Waals surface area contributed by atoms with E-state index in [9.17, 15) is 9.59 Å². The molecule has 3 rings (SSSR count). The number of rotatable bonds is 6. The second-order valence-electron chi connectivity index (χ2n) is 6.54. The van der Waals surface area contributed by atoms with Gasteiger partial charge >= 0.3 is 0 Å². The summed E-state index contributed by atoms with van der Waals surface area (Å²) in [5.41, 5.74) is 1.07. The fourth-order valence-electron chi connectivity index (χ4n) is 3.12. The molecule has 0 aliphatic carbocycles. The maximum atomic E-state index is 13.0. The minimum Gasteiger partial charge on any atom is -0.342 e. The summed E-state index contributed by atoms with van der Waals surface area (Å²) < 4.78 is 1.77. The van der Waals surface area contributed by atoms with Crippen molar-refractivity contribution in [2.75, 3.05) is 18.8 Å². The highest BCUT2D eigenvalue weighted by molar-refractivity contribution is 7.99. The van der Waals surface area contributed by atoms with Crippen LogP contribution in [-0.4, -0.2) is 39.2 Å². The Morgan fingerprint density at radius 1 is 1.28 bits per heavy atom. The molecule has 0 saturated carbocycles. The van der Waals surface area contributed by atoms with E-state index in [0.29, 0.717) is 17.5 Å². The number of hydrogen-bond acceptors (Lipinski definition) is 5. The Morgan fingerprint density at radius 3 is 2.68 bits per heavy atom. The zero-order valence-corrected chi connectivity index (χ0v) is 16.8. The van der Waals surface area contributed by atoms with Crippen LogP contribution in [0.1, 0.15) is 43.0 Å². The van der Waals surface area contributed by atoms with Gasteiger partial charge in [0.1, 0.15) is 4.83 Å². The summed E-state index contributed by atoms with van der Waals surface area (Å²) in [6, 6.07) is 0. The molecule has 1 saturated heterocycles. The molecule has 1 aliphatic heterocycles. The molecular formula is C18H25N3O2S2. The number of thiophene rings is 1. The summed E-state index contributed by atoms with van der Waals surface area (Å²) in [5.74, 6) is 0.505. The Balaban J connectivity index is 1.91. The summed E-state index contributed by atoms with van der Waals surface area (Å²) >= 11 is 2.97. The van der Waals surface area contributed by atoms with Crippen molar-refractivity contribution < 1.29 is 4.79 Å². The number of hydrogen-bond donors (Lipinski definition) is 0. The average molecular weight is 380 g/mol. The molecule has 1 fully saturated rings. The van der Waals surface area contributed by atoms with Gasteiger partial charge < -0.3 is 4.90 Å². The predicted octanol–water partition coefficient (Wildman–Crippen LogP) is 3.59. The summed E-state index contributed by atoms with van der Waals surface area (Å²) in [5, 5.41) is 1.42. The zero-order valence-electron chi connectivity index (χ0n) is 15.1. The third-order valence-electron chi connectivity index (χ3n) is 4.77. The number of aromatic nitrogens is 2. The lowest BCUT2D eigenvalue weighted by atomic mass is 10.2. The van der Waals surface area contributed by atoms with Crippen molar-refractivity contribution in [1.29, 1.82) is 0 Å². The molecule has 136 valence electrons. The smallest absolute Gasteiger partial charge is 0.263 e. The van der Waals surface area contributed by atoms with Crippen molar-refractivity contribution in [1.82, 2.24) is 14.5 Å². The monoisotopic (exact) mass is 379 g/mol. The van der Waals surface area contributed by atoms with Crippen LogP contribution in [0.25, 0.3) is 10.2 Å². The van der Waals surface area contributed by atoms with Crippen LogP contribution in [0.4, 0.5) is 0 Å². The fraction of sp³-hybridized carbons (Fsp3) is 0.611. The van der Waals surface area contributed by atoms with Crippen LogP contribution >= 0.6 is 23.1 Å². The van der Waals surface area contributed by atoms with Gasteiger partial charge in [-0.05, 0) is 38.7 Å². The van der Waals surface area contributed by atoms with Crippen molar-refractivity contribution in [2.45, 2.75) is 58.2 Å². The summed E-state index contributed by atoms with van der Waals surface area (Å²) in [6.45, 7) is 8.51. The van der Waals surface area contributed by atoms with E-state index in [0.717, 1.165) is 59.4 Å². The standard InChI is InChI=1S/C18H25N3O2S2/c1-4-5-10-21-17(23)15-12(2)13(3)25-16(15)19-18(21)24-11-14(22)20-8-6-7-9-20/h4-11H2,1-3H3. The van der Waals surface area contributed by atoms with E-state index in [4.69, 9.17) is 4.98 Å². The van der Waals surface area contributed by atoms with Gasteiger partial charge in [0.2, 0.25) is 5.91 Å². The topological polar surface area (TPSA) is 55.2 Å². The molecule has 0 aromatic carbocycles. The molecule has 0 N–H and O–H groups in total. The average Bonchev–Trinajstić information content (AvgIpc) is 3.21. The molecule has 25 heavy (non-hydrogen) atoms. The van der Waals surface area contributed by atoms with Crippen LogP contribution in [0, 0.1) is 13.8 Å². The van der Waals surface area contributed by atoms with Crippen LogP contribution in [-0.2, 0) is 11.3 Å². The Labute approximate surface area is 156 Å². The molecule has 3 heterocycles. The van der Waals surface area contributed by atoms with Gasteiger partial charge in [0.25, 0.3) is 5.56 Å². The molecule has 1 amide bonds. The lowest BCUT2D eigenvalue weighted by Crippen LogP contribution is -2.30. The molecule has 0 bridgehead atoms. The van der Waals surface area contributed by atoms with E-state index < -0.39 is 0 Å². The molecule has 2 aromatic heterocycles. The minimum absolute atomic E-state index is 0.0384. The maximum Gasteiger partial charge on any atom is 0.263 e. The second-order valence-corrected chi connectivity index (χ2v) is 8.69. The van der Waals surface area contributed by atoms with Gasteiger partial charge in [-0.15, -0.1) is 11.3 Å². The molecule has 2 aromatic rings. The van der Waals surface area contributed by atoms with Gasteiger partial charge in [0, 0.05) is 24.5 Å². The number of carbonyl (C=O) groups excluding carboxylic acids is 1. The molecule has 0 atom stereocenters. The fourth-order valence-corrected chi connectivity index (χ4v) is 5.11.